The molecule has 5 heteroatoms. The summed E-state index contributed by atoms with van der Waals surface area (Å²) in [5.41, 5.74) is 3.41. The third-order valence-electron chi connectivity index (χ3n) is 4.69. The summed E-state index contributed by atoms with van der Waals surface area (Å²) in [6.45, 7) is 5.10. The molecule has 3 nitrogen and oxygen atoms in total. The molecule has 0 aliphatic rings. The van der Waals surface area contributed by atoms with E-state index < -0.39 is 14.6 Å². The van der Waals surface area contributed by atoms with Crippen LogP contribution in [0.2, 0.25) is 0 Å². The van der Waals surface area contributed by atoms with Gasteiger partial charge >= 0.3 is 0 Å². The van der Waals surface area contributed by atoms with Crippen molar-refractivity contribution in [2.75, 3.05) is 0 Å². The van der Waals surface area contributed by atoms with Crippen molar-refractivity contribution in [3.8, 4) is 10.4 Å². The van der Waals surface area contributed by atoms with Crippen LogP contribution in [0.3, 0.4) is 0 Å². The van der Waals surface area contributed by atoms with Crippen molar-refractivity contribution in [1.82, 2.24) is 0 Å². The molecule has 146 valence electrons. The number of hydrogen-bond acceptors (Lipinski definition) is 4. The standard InChI is InChI=1S/C23H24O3S2/c1-23(2,3)28(25,26)16-18-8-10-19(11-9-18)21(24)15-17-6-12-20(13-7-17)22-5-4-14-27-22/h4-14H,15-16H2,1-3H3. The lowest BCUT2D eigenvalue weighted by molar-refractivity contribution is 0.0993. The maximum atomic E-state index is 12.6. The van der Waals surface area contributed by atoms with Crippen LogP contribution in [0.15, 0.2) is 66.0 Å². The molecule has 0 aliphatic carbocycles. The minimum Gasteiger partial charge on any atom is -0.294 e. The van der Waals surface area contributed by atoms with E-state index in [1.54, 1.807) is 56.4 Å². The Morgan fingerprint density at radius 3 is 2.04 bits per heavy atom. The number of ketones is 1. The molecule has 0 fully saturated rings. The van der Waals surface area contributed by atoms with Gasteiger partial charge in [0.15, 0.2) is 15.6 Å². The van der Waals surface area contributed by atoms with E-state index in [9.17, 15) is 13.2 Å². The maximum Gasteiger partial charge on any atom is 0.167 e. The average molecular weight is 413 g/mol. The van der Waals surface area contributed by atoms with E-state index in [4.69, 9.17) is 0 Å². The van der Waals surface area contributed by atoms with Gasteiger partial charge in [0.05, 0.1) is 10.5 Å². The zero-order valence-electron chi connectivity index (χ0n) is 16.3. The molecule has 0 N–H and O–H groups in total. The number of thiophene rings is 1. The van der Waals surface area contributed by atoms with Gasteiger partial charge in [0.25, 0.3) is 0 Å². The second-order valence-electron chi connectivity index (χ2n) is 7.84. The predicted octanol–water partition coefficient (Wildman–Crippen LogP) is 5.55. The summed E-state index contributed by atoms with van der Waals surface area (Å²) in [5.74, 6) is 0.00362. The molecule has 28 heavy (non-hydrogen) atoms. The van der Waals surface area contributed by atoms with Crippen molar-refractivity contribution in [3.05, 3.63) is 82.7 Å². The Bertz CT molecular complexity index is 1040. The number of sulfone groups is 1. The molecule has 0 spiro atoms. The van der Waals surface area contributed by atoms with Crippen molar-refractivity contribution in [3.63, 3.8) is 0 Å². The SMILES string of the molecule is CC(C)(C)S(=O)(=O)Cc1ccc(C(=O)Cc2ccc(-c3cccs3)cc2)cc1. The van der Waals surface area contributed by atoms with Gasteiger partial charge in [-0.1, -0.05) is 54.6 Å². The van der Waals surface area contributed by atoms with Gasteiger partial charge in [0.1, 0.15) is 0 Å². The number of carbonyl (C=O) groups excluding carboxylic acids is 1. The highest BCUT2D eigenvalue weighted by molar-refractivity contribution is 7.91. The van der Waals surface area contributed by atoms with Crippen molar-refractivity contribution >= 4 is 27.0 Å². The summed E-state index contributed by atoms with van der Waals surface area (Å²) in [7, 11) is -3.24. The third kappa shape index (κ3) is 4.78. The van der Waals surface area contributed by atoms with Crippen LogP contribution in [0.1, 0.15) is 42.3 Å². The molecule has 0 unspecified atom stereocenters. The number of Topliss-reactive ketones (excluding diaryl/α,β-unsaturated/α-hetero) is 1. The Kier molecular flexibility index (Phi) is 5.87. The molecule has 0 bridgehead atoms. The molecule has 0 amide bonds. The van der Waals surface area contributed by atoms with Crippen LogP contribution in [-0.2, 0) is 22.0 Å². The number of hydrogen-bond donors (Lipinski definition) is 0. The fourth-order valence-corrected chi connectivity index (χ4v) is 4.54. The van der Waals surface area contributed by atoms with E-state index in [1.807, 2.05) is 35.7 Å². The van der Waals surface area contributed by atoms with Crippen molar-refractivity contribution < 1.29 is 13.2 Å². The Morgan fingerprint density at radius 1 is 0.893 bits per heavy atom. The molecule has 0 radical (unpaired) electrons. The lowest BCUT2D eigenvalue weighted by Gasteiger charge is -2.19. The highest BCUT2D eigenvalue weighted by Crippen LogP contribution is 2.25. The van der Waals surface area contributed by atoms with Gasteiger partial charge < -0.3 is 0 Å². The Morgan fingerprint density at radius 2 is 1.50 bits per heavy atom. The fraction of sp³-hybridized carbons (Fsp3) is 0.261. The molecule has 2 aromatic carbocycles. The van der Waals surface area contributed by atoms with E-state index in [-0.39, 0.29) is 11.5 Å². The monoisotopic (exact) mass is 412 g/mol. The first-order valence-corrected chi connectivity index (χ1v) is 11.7. The summed E-state index contributed by atoms with van der Waals surface area (Å²) in [5, 5.41) is 2.04. The highest BCUT2D eigenvalue weighted by atomic mass is 32.2. The zero-order valence-corrected chi connectivity index (χ0v) is 17.9. The van der Waals surface area contributed by atoms with Crippen molar-refractivity contribution in [2.45, 2.75) is 37.7 Å². The smallest absolute Gasteiger partial charge is 0.167 e. The molecule has 0 saturated carbocycles. The van der Waals surface area contributed by atoms with Gasteiger partial charge in [-0.05, 0) is 48.9 Å². The number of rotatable bonds is 6. The van der Waals surface area contributed by atoms with Crippen LogP contribution in [0.4, 0.5) is 0 Å². The Labute approximate surface area is 171 Å². The summed E-state index contributed by atoms with van der Waals surface area (Å²) in [6.07, 6.45) is 0.324. The summed E-state index contributed by atoms with van der Waals surface area (Å²) in [6, 6.07) is 19.0. The largest absolute Gasteiger partial charge is 0.294 e. The van der Waals surface area contributed by atoms with Crippen LogP contribution >= 0.6 is 11.3 Å². The maximum absolute atomic E-state index is 12.6. The lowest BCUT2D eigenvalue weighted by atomic mass is 10.0. The predicted molar refractivity (Wildman–Crippen MR) is 117 cm³/mol. The van der Waals surface area contributed by atoms with Gasteiger partial charge in [0.2, 0.25) is 0 Å². The molecular weight excluding hydrogens is 388 g/mol. The van der Waals surface area contributed by atoms with Crippen LogP contribution in [0.5, 0.6) is 0 Å². The molecule has 0 aliphatic heterocycles. The van der Waals surface area contributed by atoms with Crippen LogP contribution in [-0.4, -0.2) is 18.9 Å². The van der Waals surface area contributed by atoms with Crippen LogP contribution in [0.25, 0.3) is 10.4 Å². The van der Waals surface area contributed by atoms with E-state index >= 15 is 0 Å². The van der Waals surface area contributed by atoms with Gasteiger partial charge in [-0.25, -0.2) is 8.42 Å². The van der Waals surface area contributed by atoms with Gasteiger partial charge in [-0.15, -0.1) is 11.3 Å². The van der Waals surface area contributed by atoms with Gasteiger partial charge in [-0.2, -0.15) is 0 Å². The first kappa shape index (κ1) is 20.5. The minimum absolute atomic E-state index is 0.0187. The minimum atomic E-state index is -3.24. The Hall–Kier alpha value is -2.24. The topological polar surface area (TPSA) is 51.2 Å². The number of carbonyl (C=O) groups is 1. The normalized spacial score (nSPS) is 12.1. The van der Waals surface area contributed by atoms with Gasteiger partial charge in [0, 0.05) is 16.9 Å². The molecule has 3 aromatic rings. The second-order valence-corrected chi connectivity index (χ2v) is 11.5. The summed E-state index contributed by atoms with van der Waals surface area (Å²) in [4.78, 5) is 13.8. The zero-order chi connectivity index (χ0) is 20.4. The van der Waals surface area contributed by atoms with E-state index in [2.05, 4.69) is 6.07 Å². The highest BCUT2D eigenvalue weighted by Gasteiger charge is 2.28. The third-order valence-corrected chi connectivity index (χ3v) is 8.19. The van der Waals surface area contributed by atoms with E-state index in [0.29, 0.717) is 17.5 Å². The first-order valence-electron chi connectivity index (χ1n) is 9.13. The van der Waals surface area contributed by atoms with Crippen LogP contribution < -0.4 is 0 Å². The Balaban J connectivity index is 1.66. The number of benzene rings is 2. The first-order chi connectivity index (χ1) is 13.2. The second kappa shape index (κ2) is 8.02. The molecular formula is C23H24O3S2. The van der Waals surface area contributed by atoms with Crippen molar-refractivity contribution in [1.29, 1.82) is 0 Å². The molecule has 0 saturated heterocycles. The average Bonchev–Trinajstić information content (AvgIpc) is 3.16. The lowest BCUT2D eigenvalue weighted by Crippen LogP contribution is -2.29. The molecule has 1 heterocycles. The molecule has 0 atom stereocenters. The summed E-state index contributed by atoms with van der Waals surface area (Å²) < 4.78 is 23.9. The quantitative estimate of drug-likeness (QED) is 0.499. The fourth-order valence-electron chi connectivity index (χ4n) is 2.74. The summed E-state index contributed by atoms with van der Waals surface area (Å²) >= 11 is 1.69. The van der Waals surface area contributed by atoms with Gasteiger partial charge in [-0.3, -0.25) is 4.79 Å². The van der Waals surface area contributed by atoms with Crippen LogP contribution in [0, 0.1) is 0 Å². The molecule has 3 rings (SSSR count). The molecule has 1 aromatic heterocycles. The van der Waals surface area contributed by atoms with E-state index in [1.165, 1.54) is 4.88 Å². The van der Waals surface area contributed by atoms with Crippen molar-refractivity contribution in [2.24, 2.45) is 0 Å². The van der Waals surface area contributed by atoms with E-state index in [0.717, 1.165) is 11.1 Å².